The molecular formula is C13H10O3. The Hall–Kier alpha value is -2.16. The van der Waals surface area contributed by atoms with E-state index in [1.807, 2.05) is 0 Å². The Morgan fingerprint density at radius 2 is 1.81 bits per heavy atom. The largest absolute Gasteiger partial charge is 0.453 e. The third-order valence-electron chi connectivity index (χ3n) is 2.28. The van der Waals surface area contributed by atoms with Crippen molar-refractivity contribution in [1.29, 1.82) is 0 Å². The van der Waals surface area contributed by atoms with Gasteiger partial charge in [-0.2, -0.15) is 0 Å². The van der Waals surface area contributed by atoms with Crippen LogP contribution >= 0.6 is 0 Å². The van der Waals surface area contributed by atoms with E-state index < -0.39 is 0 Å². The number of carbonyl (C=O) groups excluding carboxylic acids is 2. The second-order valence-corrected chi connectivity index (χ2v) is 3.46. The lowest BCUT2D eigenvalue weighted by Crippen LogP contribution is -1.86. The van der Waals surface area contributed by atoms with E-state index in [0.717, 1.165) is 11.8 Å². The van der Waals surface area contributed by atoms with Crippen LogP contribution in [0.5, 0.6) is 0 Å². The average molecular weight is 214 g/mol. The highest BCUT2D eigenvalue weighted by molar-refractivity contribution is 5.91. The molecule has 0 aliphatic rings. The second kappa shape index (κ2) is 4.14. The molecule has 16 heavy (non-hydrogen) atoms. The summed E-state index contributed by atoms with van der Waals surface area (Å²) in [5, 5.41) is 0. The Balaban J connectivity index is 2.35. The zero-order valence-electron chi connectivity index (χ0n) is 8.77. The summed E-state index contributed by atoms with van der Waals surface area (Å²) in [5.74, 6) is 0.868. The van der Waals surface area contributed by atoms with Crippen LogP contribution in [-0.4, -0.2) is 12.1 Å². The SMILES string of the molecule is CC(=O)c1ccc(-c2ccc(C=O)cc2)o1. The van der Waals surface area contributed by atoms with Crippen molar-refractivity contribution in [2.75, 3.05) is 0 Å². The Kier molecular flexibility index (Phi) is 2.68. The molecule has 0 N–H and O–H groups in total. The Morgan fingerprint density at radius 3 is 2.31 bits per heavy atom. The molecule has 2 aromatic rings. The molecule has 1 heterocycles. The Morgan fingerprint density at radius 1 is 1.12 bits per heavy atom. The van der Waals surface area contributed by atoms with Gasteiger partial charge in [0, 0.05) is 18.1 Å². The van der Waals surface area contributed by atoms with Gasteiger partial charge in [0.05, 0.1) is 0 Å². The van der Waals surface area contributed by atoms with Gasteiger partial charge in [-0.3, -0.25) is 9.59 Å². The van der Waals surface area contributed by atoms with Crippen LogP contribution < -0.4 is 0 Å². The van der Waals surface area contributed by atoms with Crippen LogP contribution in [0.2, 0.25) is 0 Å². The Labute approximate surface area is 92.7 Å². The number of benzene rings is 1. The summed E-state index contributed by atoms with van der Waals surface area (Å²) in [4.78, 5) is 21.5. The second-order valence-electron chi connectivity index (χ2n) is 3.46. The van der Waals surface area contributed by atoms with E-state index in [1.54, 1.807) is 36.4 Å². The van der Waals surface area contributed by atoms with Crippen LogP contribution in [-0.2, 0) is 0 Å². The molecule has 3 heteroatoms. The van der Waals surface area contributed by atoms with Crippen molar-refractivity contribution in [3.63, 3.8) is 0 Å². The molecule has 0 unspecified atom stereocenters. The molecular weight excluding hydrogens is 204 g/mol. The number of rotatable bonds is 3. The quantitative estimate of drug-likeness (QED) is 0.583. The molecule has 80 valence electrons. The molecule has 0 fully saturated rings. The van der Waals surface area contributed by atoms with Gasteiger partial charge in [-0.25, -0.2) is 0 Å². The van der Waals surface area contributed by atoms with Crippen molar-refractivity contribution in [3.05, 3.63) is 47.7 Å². The molecule has 0 aliphatic heterocycles. The minimum absolute atomic E-state index is 0.101. The van der Waals surface area contributed by atoms with Crippen LogP contribution in [0, 0.1) is 0 Å². The van der Waals surface area contributed by atoms with Crippen molar-refractivity contribution in [2.45, 2.75) is 6.92 Å². The van der Waals surface area contributed by atoms with E-state index in [1.165, 1.54) is 6.92 Å². The minimum atomic E-state index is -0.101. The van der Waals surface area contributed by atoms with E-state index in [0.29, 0.717) is 17.1 Å². The van der Waals surface area contributed by atoms with Crippen molar-refractivity contribution in [2.24, 2.45) is 0 Å². The van der Waals surface area contributed by atoms with Crippen molar-refractivity contribution in [1.82, 2.24) is 0 Å². The number of carbonyl (C=O) groups is 2. The fourth-order valence-electron chi connectivity index (χ4n) is 1.41. The summed E-state index contributed by atoms with van der Waals surface area (Å²) in [5.41, 5.74) is 1.46. The summed E-state index contributed by atoms with van der Waals surface area (Å²) in [7, 11) is 0. The maximum Gasteiger partial charge on any atom is 0.194 e. The van der Waals surface area contributed by atoms with Crippen LogP contribution in [0.15, 0.2) is 40.8 Å². The van der Waals surface area contributed by atoms with Gasteiger partial charge in [0.1, 0.15) is 12.0 Å². The van der Waals surface area contributed by atoms with E-state index in [9.17, 15) is 9.59 Å². The van der Waals surface area contributed by atoms with Crippen LogP contribution in [0.3, 0.4) is 0 Å². The molecule has 0 saturated heterocycles. The van der Waals surface area contributed by atoms with E-state index in [-0.39, 0.29) is 5.78 Å². The lowest BCUT2D eigenvalue weighted by Gasteiger charge is -1.96. The highest BCUT2D eigenvalue weighted by Gasteiger charge is 2.07. The molecule has 1 aromatic heterocycles. The summed E-state index contributed by atoms with van der Waals surface area (Å²) in [6.45, 7) is 1.46. The van der Waals surface area contributed by atoms with Gasteiger partial charge in [-0.05, 0) is 12.1 Å². The molecule has 0 bridgehead atoms. The summed E-state index contributed by atoms with van der Waals surface area (Å²) < 4.78 is 5.37. The number of hydrogen-bond acceptors (Lipinski definition) is 3. The average Bonchev–Trinajstić information content (AvgIpc) is 2.78. The van der Waals surface area contributed by atoms with E-state index in [2.05, 4.69) is 0 Å². The molecule has 0 aliphatic carbocycles. The lowest BCUT2D eigenvalue weighted by atomic mass is 10.1. The molecule has 0 radical (unpaired) electrons. The van der Waals surface area contributed by atoms with Gasteiger partial charge >= 0.3 is 0 Å². The standard InChI is InChI=1S/C13H10O3/c1-9(15)12-6-7-13(16-12)11-4-2-10(8-14)3-5-11/h2-8H,1H3. The number of aldehydes is 1. The van der Waals surface area contributed by atoms with Gasteiger partial charge in [-0.1, -0.05) is 24.3 Å². The molecule has 0 spiro atoms. The molecule has 2 rings (SSSR count). The first-order valence-corrected chi connectivity index (χ1v) is 4.87. The fourth-order valence-corrected chi connectivity index (χ4v) is 1.41. The summed E-state index contributed by atoms with van der Waals surface area (Å²) >= 11 is 0. The van der Waals surface area contributed by atoms with Gasteiger partial charge in [0.15, 0.2) is 11.5 Å². The maximum absolute atomic E-state index is 11.1. The zero-order valence-corrected chi connectivity index (χ0v) is 8.77. The van der Waals surface area contributed by atoms with Crippen molar-refractivity contribution < 1.29 is 14.0 Å². The number of ketones is 1. The third kappa shape index (κ3) is 1.93. The Bertz CT molecular complexity index is 520. The predicted molar refractivity (Wildman–Crippen MR) is 59.5 cm³/mol. The molecule has 0 saturated carbocycles. The van der Waals surface area contributed by atoms with E-state index in [4.69, 9.17) is 4.42 Å². The van der Waals surface area contributed by atoms with Gasteiger partial charge in [-0.15, -0.1) is 0 Å². The normalized spacial score (nSPS) is 10.1. The fraction of sp³-hybridized carbons (Fsp3) is 0.0769. The molecule has 0 amide bonds. The highest BCUT2D eigenvalue weighted by Crippen LogP contribution is 2.22. The first kappa shape index (κ1) is 10.4. The van der Waals surface area contributed by atoms with Crippen LogP contribution in [0.1, 0.15) is 27.8 Å². The van der Waals surface area contributed by atoms with Crippen LogP contribution in [0.4, 0.5) is 0 Å². The first-order chi connectivity index (χ1) is 7.70. The molecule has 0 atom stereocenters. The zero-order chi connectivity index (χ0) is 11.5. The smallest absolute Gasteiger partial charge is 0.194 e. The third-order valence-corrected chi connectivity index (χ3v) is 2.28. The number of furan rings is 1. The monoisotopic (exact) mass is 214 g/mol. The van der Waals surface area contributed by atoms with Gasteiger partial charge in [0.25, 0.3) is 0 Å². The van der Waals surface area contributed by atoms with E-state index >= 15 is 0 Å². The van der Waals surface area contributed by atoms with Gasteiger partial charge < -0.3 is 4.42 Å². The molecule has 1 aromatic carbocycles. The van der Waals surface area contributed by atoms with Crippen molar-refractivity contribution in [3.8, 4) is 11.3 Å². The van der Waals surface area contributed by atoms with Crippen LogP contribution in [0.25, 0.3) is 11.3 Å². The number of Topliss-reactive ketones (excluding diaryl/α,β-unsaturated/α-hetero) is 1. The summed E-state index contributed by atoms with van der Waals surface area (Å²) in [6, 6.07) is 10.4. The topological polar surface area (TPSA) is 47.3 Å². The number of hydrogen-bond donors (Lipinski definition) is 0. The predicted octanol–water partition coefficient (Wildman–Crippen LogP) is 2.96. The summed E-state index contributed by atoms with van der Waals surface area (Å²) in [6.07, 6.45) is 0.785. The minimum Gasteiger partial charge on any atom is -0.453 e. The lowest BCUT2D eigenvalue weighted by molar-refractivity contribution is 0.0987. The van der Waals surface area contributed by atoms with Crippen molar-refractivity contribution >= 4 is 12.1 Å². The van der Waals surface area contributed by atoms with Gasteiger partial charge in [0.2, 0.25) is 0 Å². The molecule has 3 nitrogen and oxygen atoms in total. The maximum atomic E-state index is 11.1. The first-order valence-electron chi connectivity index (χ1n) is 4.87. The highest BCUT2D eigenvalue weighted by atomic mass is 16.3.